The summed E-state index contributed by atoms with van der Waals surface area (Å²) in [5.74, 6) is 2.71. The summed E-state index contributed by atoms with van der Waals surface area (Å²) in [6, 6.07) is 10.4. The number of morpholine rings is 1. The summed E-state index contributed by atoms with van der Waals surface area (Å²) in [6.07, 6.45) is 0. The van der Waals surface area contributed by atoms with Gasteiger partial charge in [0.1, 0.15) is 16.5 Å². The second-order valence-corrected chi connectivity index (χ2v) is 9.88. The molecule has 0 saturated carbocycles. The number of aryl methyl sites for hydroxylation is 2. The molecule has 3 aromatic heterocycles. The second kappa shape index (κ2) is 9.05. The second-order valence-electron chi connectivity index (χ2n) is 7.73. The van der Waals surface area contributed by atoms with E-state index in [1.807, 2.05) is 6.07 Å². The summed E-state index contributed by atoms with van der Waals surface area (Å²) in [7, 11) is 0. The fraction of sp³-hybridized carbons (Fsp3) is 0.364. The highest BCUT2D eigenvalue weighted by Crippen LogP contribution is 2.33. The number of thiophene rings is 1. The largest absolute Gasteiger partial charge is 0.383 e. The number of nitrogens with zero attached hydrogens (tertiary/aromatic N) is 6. The Morgan fingerprint density at radius 2 is 1.88 bits per heavy atom. The standard InChI is InChI=1S/C22H25N7OS2/c1-14-15(2)32-20-18(14)19(23)24-17(25-20)13-31-22-27-26-21(28-8-10-30-11-9-28)29(22)12-16-6-4-3-5-7-16/h3-7H,8-13H2,1-2H3,(H2,23,24,25). The molecule has 0 amide bonds. The van der Waals surface area contributed by atoms with Crippen LogP contribution in [0.2, 0.25) is 0 Å². The molecule has 8 nitrogen and oxygen atoms in total. The van der Waals surface area contributed by atoms with Crippen molar-refractivity contribution < 1.29 is 4.74 Å². The van der Waals surface area contributed by atoms with Gasteiger partial charge in [0, 0.05) is 18.0 Å². The average molecular weight is 468 g/mol. The first kappa shape index (κ1) is 21.2. The molecule has 4 heterocycles. The van der Waals surface area contributed by atoms with Crippen LogP contribution in [0.4, 0.5) is 11.8 Å². The topological polar surface area (TPSA) is 95.0 Å². The minimum atomic E-state index is 0.548. The van der Waals surface area contributed by atoms with Crippen LogP contribution in [0.1, 0.15) is 21.8 Å². The molecule has 1 saturated heterocycles. The van der Waals surface area contributed by atoms with Crippen LogP contribution in [0.25, 0.3) is 10.2 Å². The lowest BCUT2D eigenvalue weighted by Gasteiger charge is -2.28. The number of aromatic nitrogens is 5. The third-order valence-electron chi connectivity index (χ3n) is 5.61. The maximum Gasteiger partial charge on any atom is 0.228 e. The van der Waals surface area contributed by atoms with Crippen molar-refractivity contribution in [1.29, 1.82) is 0 Å². The van der Waals surface area contributed by atoms with Gasteiger partial charge in [-0.2, -0.15) is 0 Å². The van der Waals surface area contributed by atoms with E-state index in [4.69, 9.17) is 15.5 Å². The number of thioether (sulfide) groups is 1. The lowest BCUT2D eigenvalue weighted by molar-refractivity contribution is 0.121. The molecule has 4 aromatic rings. The number of anilines is 2. The zero-order chi connectivity index (χ0) is 22.1. The van der Waals surface area contributed by atoms with Crippen molar-refractivity contribution in [3.63, 3.8) is 0 Å². The van der Waals surface area contributed by atoms with Crippen molar-refractivity contribution in [3.05, 3.63) is 52.2 Å². The number of hydrogen-bond donors (Lipinski definition) is 1. The van der Waals surface area contributed by atoms with E-state index < -0.39 is 0 Å². The van der Waals surface area contributed by atoms with Crippen LogP contribution in [0.5, 0.6) is 0 Å². The third-order valence-corrected chi connectivity index (χ3v) is 7.67. The fourth-order valence-corrected chi connectivity index (χ4v) is 5.65. The molecule has 2 N–H and O–H groups in total. The van der Waals surface area contributed by atoms with Gasteiger partial charge in [-0.3, -0.25) is 4.57 Å². The van der Waals surface area contributed by atoms with E-state index in [9.17, 15) is 0 Å². The molecule has 0 atom stereocenters. The molecule has 0 unspecified atom stereocenters. The molecule has 5 rings (SSSR count). The van der Waals surface area contributed by atoms with Crippen LogP contribution in [-0.2, 0) is 17.0 Å². The number of hydrogen-bond acceptors (Lipinski definition) is 9. The number of benzene rings is 1. The smallest absolute Gasteiger partial charge is 0.228 e. The minimum absolute atomic E-state index is 0.548. The van der Waals surface area contributed by atoms with Gasteiger partial charge >= 0.3 is 0 Å². The Kier molecular flexibility index (Phi) is 5.99. The molecule has 32 heavy (non-hydrogen) atoms. The quantitative estimate of drug-likeness (QED) is 0.429. The predicted octanol–water partition coefficient (Wildman–Crippen LogP) is 3.66. The highest BCUT2D eigenvalue weighted by Gasteiger charge is 2.21. The molecular weight excluding hydrogens is 442 g/mol. The normalized spacial score (nSPS) is 14.4. The zero-order valence-electron chi connectivity index (χ0n) is 18.1. The summed E-state index contributed by atoms with van der Waals surface area (Å²) >= 11 is 3.25. The minimum Gasteiger partial charge on any atom is -0.383 e. The van der Waals surface area contributed by atoms with Crippen LogP contribution in [0.3, 0.4) is 0 Å². The summed E-state index contributed by atoms with van der Waals surface area (Å²) < 4.78 is 7.69. The Morgan fingerprint density at radius 3 is 2.66 bits per heavy atom. The van der Waals surface area contributed by atoms with Crippen LogP contribution in [0.15, 0.2) is 35.5 Å². The van der Waals surface area contributed by atoms with E-state index in [-0.39, 0.29) is 0 Å². The number of rotatable bonds is 6. The first-order chi connectivity index (χ1) is 15.6. The SMILES string of the molecule is Cc1sc2nc(CSc3nnc(N4CCOCC4)n3Cc3ccccc3)nc(N)c2c1C. The summed E-state index contributed by atoms with van der Waals surface area (Å²) in [5, 5.41) is 10.9. The molecule has 10 heteroatoms. The Morgan fingerprint density at radius 1 is 1.09 bits per heavy atom. The van der Waals surface area contributed by atoms with Gasteiger partial charge in [0.25, 0.3) is 0 Å². The Balaban J connectivity index is 1.43. The number of fused-ring (bicyclic) bond motifs is 1. The van der Waals surface area contributed by atoms with E-state index in [0.29, 0.717) is 37.2 Å². The molecule has 166 valence electrons. The molecule has 1 fully saturated rings. The van der Waals surface area contributed by atoms with E-state index in [0.717, 1.165) is 34.4 Å². The van der Waals surface area contributed by atoms with Gasteiger partial charge in [-0.05, 0) is 25.0 Å². The molecule has 0 bridgehead atoms. The van der Waals surface area contributed by atoms with E-state index in [1.54, 1.807) is 23.1 Å². The number of nitrogen functional groups attached to an aromatic ring is 1. The molecule has 0 spiro atoms. The van der Waals surface area contributed by atoms with Crippen LogP contribution in [-0.4, -0.2) is 51.0 Å². The fourth-order valence-electron chi connectivity index (χ4n) is 3.81. The van der Waals surface area contributed by atoms with Crippen molar-refractivity contribution in [2.24, 2.45) is 0 Å². The van der Waals surface area contributed by atoms with E-state index in [2.05, 4.69) is 62.8 Å². The van der Waals surface area contributed by atoms with E-state index >= 15 is 0 Å². The Labute approximate surface area is 194 Å². The summed E-state index contributed by atoms with van der Waals surface area (Å²) in [5.41, 5.74) is 8.64. The van der Waals surface area contributed by atoms with Gasteiger partial charge in [-0.1, -0.05) is 42.1 Å². The van der Waals surface area contributed by atoms with Crippen molar-refractivity contribution in [2.75, 3.05) is 36.9 Å². The van der Waals surface area contributed by atoms with Gasteiger partial charge in [0.05, 0.1) is 30.9 Å². The molecule has 1 aliphatic heterocycles. The number of nitrogens with two attached hydrogens (primary N) is 1. The molecule has 1 aliphatic rings. The van der Waals surface area contributed by atoms with Gasteiger partial charge in [0.15, 0.2) is 5.16 Å². The summed E-state index contributed by atoms with van der Waals surface area (Å²) in [4.78, 5) is 13.7. The monoisotopic (exact) mass is 467 g/mol. The lowest BCUT2D eigenvalue weighted by Crippen LogP contribution is -2.38. The maximum absolute atomic E-state index is 6.27. The van der Waals surface area contributed by atoms with Gasteiger partial charge in [0.2, 0.25) is 5.95 Å². The third kappa shape index (κ3) is 4.17. The lowest BCUT2D eigenvalue weighted by atomic mass is 10.2. The van der Waals surface area contributed by atoms with Gasteiger partial charge in [-0.15, -0.1) is 21.5 Å². The summed E-state index contributed by atoms with van der Waals surface area (Å²) in [6.45, 7) is 7.89. The molecular formula is C22H25N7OS2. The van der Waals surface area contributed by atoms with Crippen LogP contribution < -0.4 is 10.6 Å². The Hall–Kier alpha value is -2.69. The average Bonchev–Trinajstić information content (AvgIpc) is 3.33. The van der Waals surface area contributed by atoms with Crippen LogP contribution >= 0.6 is 23.1 Å². The number of ether oxygens (including phenoxy) is 1. The highest BCUT2D eigenvalue weighted by molar-refractivity contribution is 7.98. The van der Waals surface area contributed by atoms with Crippen molar-refractivity contribution >= 4 is 45.1 Å². The molecule has 1 aromatic carbocycles. The van der Waals surface area contributed by atoms with Crippen molar-refractivity contribution in [2.45, 2.75) is 31.3 Å². The van der Waals surface area contributed by atoms with Crippen molar-refractivity contribution in [1.82, 2.24) is 24.7 Å². The van der Waals surface area contributed by atoms with Gasteiger partial charge < -0.3 is 15.4 Å². The molecule has 0 aliphatic carbocycles. The van der Waals surface area contributed by atoms with Crippen molar-refractivity contribution in [3.8, 4) is 0 Å². The predicted molar refractivity (Wildman–Crippen MR) is 129 cm³/mol. The Bertz CT molecular complexity index is 1230. The van der Waals surface area contributed by atoms with Crippen LogP contribution in [0, 0.1) is 13.8 Å². The first-order valence-electron chi connectivity index (χ1n) is 10.5. The van der Waals surface area contributed by atoms with Gasteiger partial charge in [-0.25, -0.2) is 9.97 Å². The molecule has 0 radical (unpaired) electrons. The zero-order valence-corrected chi connectivity index (χ0v) is 19.7. The van der Waals surface area contributed by atoms with E-state index in [1.165, 1.54) is 16.0 Å². The highest BCUT2D eigenvalue weighted by atomic mass is 32.2. The maximum atomic E-state index is 6.27. The first-order valence-corrected chi connectivity index (χ1v) is 12.3.